The summed E-state index contributed by atoms with van der Waals surface area (Å²) in [6, 6.07) is 7.09. The van der Waals surface area contributed by atoms with Crippen LogP contribution in [0.1, 0.15) is 45.4 Å². The molecule has 1 aromatic heterocycles. The molecule has 10 heteroatoms. The number of amides is 1. The van der Waals surface area contributed by atoms with E-state index in [4.69, 9.17) is 15.7 Å². The summed E-state index contributed by atoms with van der Waals surface area (Å²) in [4.78, 5) is 25.9. The van der Waals surface area contributed by atoms with E-state index in [9.17, 15) is 18.0 Å². The van der Waals surface area contributed by atoms with Crippen LogP contribution in [0.5, 0.6) is 0 Å². The lowest BCUT2D eigenvalue weighted by Crippen LogP contribution is -2.51. The number of anilines is 1. The minimum absolute atomic E-state index is 0.00511. The van der Waals surface area contributed by atoms with Crippen molar-refractivity contribution < 1.29 is 18.0 Å². The average Bonchev–Trinajstić information content (AvgIpc) is 2.82. The smallest absolute Gasteiger partial charge is 0.368 e. The van der Waals surface area contributed by atoms with Crippen LogP contribution in [0.15, 0.2) is 24.3 Å². The van der Waals surface area contributed by atoms with Gasteiger partial charge in [-0.25, -0.2) is 9.97 Å². The van der Waals surface area contributed by atoms with Crippen molar-refractivity contribution in [2.75, 3.05) is 31.5 Å². The Morgan fingerprint density at radius 2 is 1.86 bits per heavy atom. The largest absolute Gasteiger partial charge is 0.391 e. The van der Waals surface area contributed by atoms with Gasteiger partial charge >= 0.3 is 6.18 Å². The van der Waals surface area contributed by atoms with E-state index in [0.29, 0.717) is 24.6 Å². The Balaban J connectivity index is 1.43. The molecule has 1 saturated carbocycles. The van der Waals surface area contributed by atoms with E-state index in [1.807, 2.05) is 38.1 Å². The highest BCUT2D eigenvalue weighted by Gasteiger charge is 2.43. The second-order valence-electron chi connectivity index (χ2n) is 10.1. The van der Waals surface area contributed by atoms with Crippen LogP contribution in [0, 0.1) is 11.8 Å². The third kappa shape index (κ3) is 6.22. The second-order valence-corrected chi connectivity index (χ2v) is 10.1. The summed E-state index contributed by atoms with van der Waals surface area (Å²) in [5.41, 5.74) is 6.39. The molecule has 1 aliphatic carbocycles. The standard InChI is InChI=1S/C25H35F3N6O/c1-16(2)22(23(29)35)32-24-19-8-3-4-9-20(19)30-21(31-24)15-33-10-12-34(13-11-33)18-7-5-6-17(14-18)25(26,27)28/h3-4,8-9,16-18,22H,5-7,10-15H2,1-2H3,(H2,29,35)(H,30,31,32)/t17?,18?,22-/m0/s1. The molecular formula is C25H35F3N6O. The maximum atomic E-state index is 13.2. The van der Waals surface area contributed by atoms with Gasteiger partial charge in [0.05, 0.1) is 18.0 Å². The summed E-state index contributed by atoms with van der Waals surface area (Å²) in [5, 5.41) is 4.04. The Morgan fingerprint density at radius 3 is 2.51 bits per heavy atom. The molecule has 0 radical (unpaired) electrons. The van der Waals surface area contributed by atoms with E-state index < -0.39 is 24.0 Å². The first-order chi connectivity index (χ1) is 16.6. The van der Waals surface area contributed by atoms with Crippen LogP contribution in [0.25, 0.3) is 10.9 Å². The van der Waals surface area contributed by atoms with Gasteiger partial charge in [0.2, 0.25) is 5.91 Å². The summed E-state index contributed by atoms with van der Waals surface area (Å²) in [7, 11) is 0. The van der Waals surface area contributed by atoms with Crippen molar-refractivity contribution in [3.63, 3.8) is 0 Å². The van der Waals surface area contributed by atoms with Gasteiger partial charge in [-0.05, 0) is 37.3 Å². The monoisotopic (exact) mass is 492 g/mol. The molecule has 1 saturated heterocycles. The Bertz CT molecular complexity index is 1020. The van der Waals surface area contributed by atoms with E-state index >= 15 is 0 Å². The van der Waals surface area contributed by atoms with Crippen molar-refractivity contribution in [2.24, 2.45) is 17.6 Å². The molecule has 4 rings (SSSR count). The Morgan fingerprint density at radius 1 is 1.14 bits per heavy atom. The van der Waals surface area contributed by atoms with E-state index in [2.05, 4.69) is 15.1 Å². The van der Waals surface area contributed by atoms with E-state index in [1.54, 1.807) is 0 Å². The van der Waals surface area contributed by atoms with Gasteiger partial charge in [0.15, 0.2) is 0 Å². The normalized spacial score (nSPS) is 23.5. The Hall–Kier alpha value is -2.46. The van der Waals surface area contributed by atoms with Crippen molar-refractivity contribution >= 4 is 22.6 Å². The quantitative estimate of drug-likeness (QED) is 0.612. The van der Waals surface area contributed by atoms with Crippen LogP contribution in [0.4, 0.5) is 19.0 Å². The van der Waals surface area contributed by atoms with E-state index in [0.717, 1.165) is 43.5 Å². The SMILES string of the molecule is CC(C)[C@H](Nc1nc(CN2CCN(C3CCCC(C(F)(F)F)C3)CC2)nc2ccccc12)C(N)=O. The van der Waals surface area contributed by atoms with Crippen LogP contribution < -0.4 is 11.1 Å². The van der Waals surface area contributed by atoms with Gasteiger partial charge < -0.3 is 11.1 Å². The Kier molecular flexibility index (Phi) is 7.80. The maximum absolute atomic E-state index is 13.2. The predicted octanol–water partition coefficient (Wildman–Crippen LogP) is 3.79. The summed E-state index contributed by atoms with van der Waals surface area (Å²) in [6.45, 7) is 7.37. The molecule has 2 aromatic rings. The molecule has 0 spiro atoms. The third-order valence-corrected chi connectivity index (χ3v) is 7.31. The number of carbonyl (C=O) groups is 1. The molecule has 2 unspecified atom stereocenters. The summed E-state index contributed by atoms with van der Waals surface area (Å²) in [6.07, 6.45) is -2.15. The molecule has 192 valence electrons. The number of piperazine rings is 1. The highest BCUT2D eigenvalue weighted by atomic mass is 19.4. The Labute approximate surface area is 204 Å². The number of benzene rings is 1. The molecular weight excluding hydrogens is 457 g/mol. The van der Waals surface area contributed by atoms with Crippen molar-refractivity contribution in [1.29, 1.82) is 0 Å². The average molecular weight is 493 g/mol. The number of halogens is 3. The maximum Gasteiger partial charge on any atom is 0.391 e. The number of rotatable bonds is 7. The fourth-order valence-corrected chi connectivity index (χ4v) is 5.30. The van der Waals surface area contributed by atoms with Crippen molar-refractivity contribution in [1.82, 2.24) is 19.8 Å². The first-order valence-corrected chi connectivity index (χ1v) is 12.5. The number of hydrogen-bond acceptors (Lipinski definition) is 6. The lowest BCUT2D eigenvalue weighted by molar-refractivity contribution is -0.187. The molecule has 7 nitrogen and oxygen atoms in total. The predicted molar refractivity (Wildman–Crippen MR) is 130 cm³/mol. The van der Waals surface area contributed by atoms with Gasteiger partial charge in [-0.1, -0.05) is 32.4 Å². The van der Waals surface area contributed by atoms with Crippen molar-refractivity contribution in [3.05, 3.63) is 30.1 Å². The van der Waals surface area contributed by atoms with Gasteiger partial charge in [-0.2, -0.15) is 13.2 Å². The van der Waals surface area contributed by atoms with Crippen LogP contribution in [-0.4, -0.2) is 70.1 Å². The number of nitrogens with two attached hydrogens (primary N) is 1. The number of nitrogens with zero attached hydrogens (tertiary/aromatic N) is 4. The first-order valence-electron chi connectivity index (χ1n) is 12.5. The highest BCUT2D eigenvalue weighted by molar-refractivity contribution is 5.91. The molecule has 1 amide bonds. The van der Waals surface area contributed by atoms with Gasteiger partial charge in [0.1, 0.15) is 17.7 Å². The number of fused-ring (bicyclic) bond motifs is 1. The zero-order chi connectivity index (χ0) is 25.2. The number of hydrogen-bond donors (Lipinski definition) is 2. The van der Waals surface area contributed by atoms with Crippen LogP contribution in [0.3, 0.4) is 0 Å². The molecule has 1 aliphatic heterocycles. The zero-order valence-electron chi connectivity index (χ0n) is 20.4. The third-order valence-electron chi connectivity index (χ3n) is 7.31. The second kappa shape index (κ2) is 10.7. The summed E-state index contributed by atoms with van der Waals surface area (Å²) < 4.78 is 39.7. The molecule has 2 heterocycles. The number of alkyl halides is 3. The van der Waals surface area contributed by atoms with Crippen LogP contribution in [-0.2, 0) is 11.3 Å². The van der Waals surface area contributed by atoms with Gasteiger partial charge in [-0.15, -0.1) is 0 Å². The van der Waals surface area contributed by atoms with Crippen LogP contribution in [0.2, 0.25) is 0 Å². The van der Waals surface area contributed by atoms with Crippen molar-refractivity contribution in [2.45, 2.75) is 64.3 Å². The molecule has 3 atom stereocenters. The lowest BCUT2D eigenvalue weighted by atomic mass is 9.84. The van der Waals surface area contributed by atoms with Crippen molar-refractivity contribution in [3.8, 4) is 0 Å². The minimum atomic E-state index is -4.09. The molecule has 35 heavy (non-hydrogen) atoms. The number of para-hydroxylation sites is 1. The van der Waals surface area contributed by atoms with Gasteiger partial charge in [-0.3, -0.25) is 14.6 Å². The number of carbonyl (C=O) groups excluding carboxylic acids is 1. The van der Waals surface area contributed by atoms with Gasteiger partial charge in [0, 0.05) is 37.6 Å². The minimum Gasteiger partial charge on any atom is -0.368 e. The zero-order valence-corrected chi connectivity index (χ0v) is 20.4. The number of nitrogens with one attached hydrogen (secondary N) is 1. The molecule has 2 fully saturated rings. The fraction of sp³-hybridized carbons (Fsp3) is 0.640. The summed E-state index contributed by atoms with van der Waals surface area (Å²) in [5.74, 6) is -0.389. The number of aromatic nitrogens is 2. The van der Waals surface area contributed by atoms with E-state index in [-0.39, 0.29) is 24.8 Å². The molecule has 0 bridgehead atoms. The summed E-state index contributed by atoms with van der Waals surface area (Å²) >= 11 is 0. The van der Waals surface area contributed by atoms with Crippen LogP contribution >= 0.6 is 0 Å². The topological polar surface area (TPSA) is 87.4 Å². The molecule has 1 aromatic carbocycles. The molecule has 3 N–H and O–H groups in total. The lowest BCUT2D eigenvalue weighted by Gasteiger charge is -2.42. The van der Waals surface area contributed by atoms with E-state index in [1.165, 1.54) is 0 Å². The molecule has 2 aliphatic rings. The fourth-order valence-electron chi connectivity index (χ4n) is 5.30. The number of primary amides is 1. The van der Waals surface area contributed by atoms with Gasteiger partial charge in [0.25, 0.3) is 0 Å². The highest BCUT2D eigenvalue weighted by Crippen LogP contribution is 2.39. The first kappa shape index (κ1) is 25.6.